The van der Waals surface area contributed by atoms with E-state index in [1.165, 1.54) is 37.2 Å². The predicted molar refractivity (Wildman–Crippen MR) is 72.4 cm³/mol. The van der Waals surface area contributed by atoms with Crippen molar-refractivity contribution in [2.45, 2.75) is 32.7 Å². The van der Waals surface area contributed by atoms with Crippen LogP contribution in [0.1, 0.15) is 25.3 Å². The zero-order valence-corrected chi connectivity index (χ0v) is 11.3. The zero-order valence-electron chi connectivity index (χ0n) is 10.5. The van der Waals surface area contributed by atoms with E-state index in [2.05, 4.69) is 41.9 Å². The minimum absolute atomic E-state index is 0.599. The highest BCUT2D eigenvalue weighted by Crippen LogP contribution is 2.25. The van der Waals surface area contributed by atoms with Crippen LogP contribution in [0.25, 0.3) is 0 Å². The van der Waals surface area contributed by atoms with Crippen LogP contribution in [0.2, 0.25) is 0 Å². The maximum absolute atomic E-state index is 3.67. The second kappa shape index (κ2) is 5.19. The van der Waals surface area contributed by atoms with Crippen LogP contribution in [0, 0.1) is 12.8 Å². The Morgan fingerprint density at radius 1 is 1.38 bits per heavy atom. The third-order valence-electron chi connectivity index (χ3n) is 3.71. The largest absolute Gasteiger partial charge is 0.381 e. The van der Waals surface area contributed by atoms with Crippen LogP contribution in [-0.2, 0) is 0 Å². The minimum Gasteiger partial charge on any atom is -0.381 e. The van der Waals surface area contributed by atoms with Crippen molar-refractivity contribution < 1.29 is 0 Å². The first-order chi connectivity index (χ1) is 7.66. The van der Waals surface area contributed by atoms with Gasteiger partial charge in [-0.05, 0) is 63.7 Å². The number of thiophene rings is 1. The highest BCUT2D eigenvalue weighted by atomic mass is 32.1. The smallest absolute Gasteiger partial charge is 0.0480 e. The molecule has 1 atom stereocenters. The van der Waals surface area contributed by atoms with E-state index in [1.54, 1.807) is 11.3 Å². The quantitative estimate of drug-likeness (QED) is 0.870. The van der Waals surface area contributed by atoms with Crippen LogP contribution < -0.4 is 5.32 Å². The molecule has 1 saturated heterocycles. The van der Waals surface area contributed by atoms with Gasteiger partial charge >= 0.3 is 0 Å². The van der Waals surface area contributed by atoms with Crippen LogP contribution >= 0.6 is 11.3 Å². The lowest BCUT2D eigenvalue weighted by atomic mass is 9.90. The third-order valence-corrected chi connectivity index (χ3v) is 4.57. The second-order valence-corrected chi connectivity index (χ2v) is 5.79. The molecule has 1 fully saturated rings. The Hall–Kier alpha value is -0.540. The Morgan fingerprint density at radius 2 is 2.06 bits per heavy atom. The minimum atomic E-state index is 0.599. The first-order valence-corrected chi connectivity index (χ1v) is 7.09. The maximum atomic E-state index is 3.67. The number of anilines is 1. The molecular formula is C13H22N2S. The molecule has 0 aromatic carbocycles. The van der Waals surface area contributed by atoms with E-state index in [9.17, 15) is 0 Å². The average molecular weight is 238 g/mol. The molecule has 0 amide bonds. The summed E-state index contributed by atoms with van der Waals surface area (Å²) in [5, 5.41) is 8.10. The molecular weight excluding hydrogens is 216 g/mol. The van der Waals surface area contributed by atoms with Gasteiger partial charge in [-0.3, -0.25) is 0 Å². The van der Waals surface area contributed by atoms with Crippen molar-refractivity contribution in [2.24, 2.45) is 5.92 Å². The summed E-state index contributed by atoms with van der Waals surface area (Å²) in [4.78, 5) is 2.43. The van der Waals surface area contributed by atoms with Gasteiger partial charge in [0.25, 0.3) is 0 Å². The number of hydrogen-bond donors (Lipinski definition) is 1. The summed E-state index contributed by atoms with van der Waals surface area (Å²) in [5.41, 5.74) is 2.71. The van der Waals surface area contributed by atoms with E-state index in [4.69, 9.17) is 0 Å². The molecule has 2 rings (SSSR count). The van der Waals surface area contributed by atoms with Gasteiger partial charge in [-0.25, -0.2) is 0 Å². The molecule has 0 aliphatic carbocycles. The number of nitrogens with one attached hydrogen (secondary N) is 1. The molecule has 0 bridgehead atoms. The topological polar surface area (TPSA) is 15.3 Å². The van der Waals surface area contributed by atoms with Crippen molar-refractivity contribution in [1.82, 2.24) is 4.90 Å². The van der Waals surface area contributed by atoms with Crippen molar-refractivity contribution in [3.8, 4) is 0 Å². The molecule has 90 valence electrons. The van der Waals surface area contributed by atoms with Crippen LogP contribution in [-0.4, -0.2) is 31.1 Å². The molecule has 1 aromatic heterocycles. The molecule has 2 nitrogen and oxygen atoms in total. The van der Waals surface area contributed by atoms with Crippen LogP contribution in [0.4, 0.5) is 5.69 Å². The molecule has 1 N–H and O–H groups in total. The molecule has 1 aromatic rings. The fraction of sp³-hybridized carbons (Fsp3) is 0.692. The number of rotatable bonds is 3. The van der Waals surface area contributed by atoms with Crippen LogP contribution in [0.3, 0.4) is 0 Å². The summed E-state index contributed by atoms with van der Waals surface area (Å²) in [5.74, 6) is 0.829. The maximum Gasteiger partial charge on any atom is 0.0480 e. The second-order valence-electron chi connectivity index (χ2n) is 5.04. The summed E-state index contributed by atoms with van der Waals surface area (Å²) >= 11 is 1.78. The highest BCUT2D eigenvalue weighted by molar-refractivity contribution is 7.08. The van der Waals surface area contributed by atoms with Crippen molar-refractivity contribution in [1.29, 1.82) is 0 Å². The van der Waals surface area contributed by atoms with E-state index < -0.39 is 0 Å². The molecule has 2 heterocycles. The summed E-state index contributed by atoms with van der Waals surface area (Å²) < 4.78 is 0. The fourth-order valence-electron chi connectivity index (χ4n) is 2.40. The van der Waals surface area contributed by atoms with E-state index >= 15 is 0 Å². The zero-order chi connectivity index (χ0) is 11.5. The summed E-state index contributed by atoms with van der Waals surface area (Å²) in [7, 11) is 2.22. The number of aryl methyl sites for hydroxylation is 1. The van der Waals surface area contributed by atoms with Gasteiger partial charge in [-0.1, -0.05) is 0 Å². The Labute approximate surface area is 103 Å². The van der Waals surface area contributed by atoms with E-state index in [0.717, 1.165) is 5.92 Å². The van der Waals surface area contributed by atoms with Gasteiger partial charge < -0.3 is 10.2 Å². The van der Waals surface area contributed by atoms with Crippen molar-refractivity contribution in [3.05, 3.63) is 16.3 Å². The third kappa shape index (κ3) is 2.77. The van der Waals surface area contributed by atoms with Gasteiger partial charge in [0.2, 0.25) is 0 Å². The number of nitrogens with zero attached hydrogens (tertiary/aromatic N) is 1. The monoisotopic (exact) mass is 238 g/mol. The van der Waals surface area contributed by atoms with Gasteiger partial charge in [0, 0.05) is 17.1 Å². The summed E-state index contributed by atoms with van der Waals surface area (Å²) in [6.45, 7) is 7.01. The molecule has 16 heavy (non-hydrogen) atoms. The first-order valence-electron chi connectivity index (χ1n) is 6.14. The number of likely N-dealkylation sites (tertiary alicyclic amines) is 1. The van der Waals surface area contributed by atoms with Crippen molar-refractivity contribution in [3.63, 3.8) is 0 Å². The molecule has 0 spiro atoms. The van der Waals surface area contributed by atoms with E-state index in [0.29, 0.717) is 6.04 Å². The molecule has 0 radical (unpaired) electrons. The average Bonchev–Trinajstić information content (AvgIpc) is 2.65. The van der Waals surface area contributed by atoms with Gasteiger partial charge in [0.15, 0.2) is 0 Å². The lowest BCUT2D eigenvalue weighted by molar-refractivity contribution is 0.208. The van der Waals surface area contributed by atoms with E-state index in [-0.39, 0.29) is 0 Å². The Morgan fingerprint density at radius 3 is 2.62 bits per heavy atom. The number of hydrogen-bond acceptors (Lipinski definition) is 3. The summed E-state index contributed by atoms with van der Waals surface area (Å²) in [6.07, 6.45) is 2.65. The molecule has 1 unspecified atom stereocenters. The molecule has 1 aliphatic rings. The van der Waals surface area contributed by atoms with Gasteiger partial charge in [0.1, 0.15) is 0 Å². The van der Waals surface area contributed by atoms with Crippen LogP contribution in [0.15, 0.2) is 10.8 Å². The highest BCUT2D eigenvalue weighted by Gasteiger charge is 2.22. The van der Waals surface area contributed by atoms with Crippen molar-refractivity contribution >= 4 is 17.0 Å². The van der Waals surface area contributed by atoms with Gasteiger partial charge in [-0.15, -0.1) is 11.3 Å². The normalized spacial score (nSPS) is 20.9. The Kier molecular flexibility index (Phi) is 3.87. The van der Waals surface area contributed by atoms with E-state index in [1.807, 2.05) is 0 Å². The summed E-state index contributed by atoms with van der Waals surface area (Å²) in [6, 6.07) is 0.599. The SMILES string of the molecule is Cc1cscc1NC(C)C1CCN(C)CC1. The van der Waals surface area contributed by atoms with Gasteiger partial charge in [0.05, 0.1) is 0 Å². The standard InChI is InChI=1S/C13H22N2S/c1-10-8-16-9-13(10)14-11(2)12-4-6-15(3)7-5-12/h8-9,11-12,14H,4-7H2,1-3H3. The fourth-order valence-corrected chi connectivity index (χ4v) is 3.19. The lowest BCUT2D eigenvalue weighted by Crippen LogP contribution is -2.37. The Bertz CT molecular complexity index is 326. The van der Waals surface area contributed by atoms with Crippen molar-refractivity contribution in [2.75, 3.05) is 25.5 Å². The lowest BCUT2D eigenvalue weighted by Gasteiger charge is -2.33. The predicted octanol–water partition coefficient (Wildman–Crippen LogP) is 3.20. The Balaban J connectivity index is 1.88. The van der Waals surface area contributed by atoms with Crippen LogP contribution in [0.5, 0.6) is 0 Å². The molecule has 1 aliphatic heterocycles. The van der Waals surface area contributed by atoms with Gasteiger partial charge in [-0.2, -0.15) is 0 Å². The molecule has 3 heteroatoms. The number of piperidine rings is 1. The molecule has 0 saturated carbocycles. The first kappa shape index (κ1) is 11.9.